The molecule has 0 bridgehead atoms. The average molecular weight is 530 g/mol. The maximum absolute atomic E-state index is 12.6. The van der Waals surface area contributed by atoms with E-state index < -0.39 is 17.1 Å². The number of primary amides is 1. The number of aldehydes is 1. The molecule has 0 aromatic carbocycles. The second kappa shape index (κ2) is 18.2. The SMILES string of the molecule is CCCN(CCN(CCN(CCNCCC=O)CC(N)=O)CC(=O)OC(C)(C)C)CC(=O)OC(C)(C)C. The number of carbonyl (C=O) groups excluding carboxylic acids is 4. The molecule has 11 nitrogen and oxygen atoms in total. The number of nitrogens with zero attached hydrogens (tertiary/aromatic N) is 3. The lowest BCUT2D eigenvalue weighted by Crippen LogP contribution is -2.46. The summed E-state index contributed by atoms with van der Waals surface area (Å²) in [5.41, 5.74) is 4.29. The molecule has 11 heteroatoms. The normalized spacial score (nSPS) is 12.3. The highest BCUT2D eigenvalue weighted by Gasteiger charge is 2.22. The fraction of sp³-hybridized carbons (Fsp3) is 0.846. The van der Waals surface area contributed by atoms with Gasteiger partial charge in [-0.05, 0) is 54.5 Å². The molecule has 0 aromatic rings. The number of hydrogen-bond acceptors (Lipinski definition) is 10. The largest absolute Gasteiger partial charge is 0.459 e. The standard InChI is InChI=1S/C26H51N5O6/c1-8-12-29(20-23(34)36-25(2,3)4)14-16-31(21-24(35)37-26(5,6)7)17-15-30(19-22(27)33)13-11-28-10-9-18-32/h18,28H,8-17,19-21H2,1-7H3,(H2,27,33). The van der Waals surface area contributed by atoms with Crippen LogP contribution < -0.4 is 11.1 Å². The molecule has 0 saturated heterocycles. The first-order valence-corrected chi connectivity index (χ1v) is 13.2. The molecule has 0 aliphatic carbocycles. The van der Waals surface area contributed by atoms with Gasteiger partial charge < -0.3 is 25.3 Å². The summed E-state index contributed by atoms with van der Waals surface area (Å²) in [6.45, 7) is 18.0. The van der Waals surface area contributed by atoms with Gasteiger partial charge in [-0.1, -0.05) is 6.92 Å². The van der Waals surface area contributed by atoms with Crippen molar-refractivity contribution in [3.63, 3.8) is 0 Å². The molecular formula is C26H51N5O6. The number of ether oxygens (including phenoxy) is 2. The number of nitrogens with one attached hydrogen (secondary N) is 1. The van der Waals surface area contributed by atoms with E-state index in [9.17, 15) is 19.2 Å². The van der Waals surface area contributed by atoms with Gasteiger partial charge in [0.25, 0.3) is 0 Å². The summed E-state index contributed by atoms with van der Waals surface area (Å²) >= 11 is 0. The second-order valence-electron chi connectivity index (χ2n) is 11.2. The summed E-state index contributed by atoms with van der Waals surface area (Å²) in [7, 11) is 0. The van der Waals surface area contributed by atoms with Gasteiger partial charge in [0.2, 0.25) is 5.91 Å². The minimum absolute atomic E-state index is 0.0890. The average Bonchev–Trinajstić information content (AvgIpc) is 2.72. The Morgan fingerprint density at radius 1 is 0.730 bits per heavy atom. The van der Waals surface area contributed by atoms with Crippen molar-refractivity contribution in [1.82, 2.24) is 20.0 Å². The van der Waals surface area contributed by atoms with Crippen molar-refractivity contribution in [3.05, 3.63) is 0 Å². The topological polar surface area (TPSA) is 135 Å². The first-order chi connectivity index (χ1) is 17.1. The smallest absolute Gasteiger partial charge is 0.320 e. The zero-order valence-corrected chi connectivity index (χ0v) is 24.1. The van der Waals surface area contributed by atoms with E-state index >= 15 is 0 Å². The predicted molar refractivity (Wildman–Crippen MR) is 144 cm³/mol. The molecule has 0 spiro atoms. The number of nitrogens with two attached hydrogens (primary N) is 1. The Morgan fingerprint density at radius 2 is 1.16 bits per heavy atom. The van der Waals surface area contributed by atoms with Crippen molar-refractivity contribution in [3.8, 4) is 0 Å². The summed E-state index contributed by atoms with van der Waals surface area (Å²) in [6.07, 6.45) is 2.16. The molecule has 0 rings (SSSR count). The van der Waals surface area contributed by atoms with Gasteiger partial charge in [-0.15, -0.1) is 0 Å². The number of hydrogen-bond donors (Lipinski definition) is 2. The molecular weight excluding hydrogens is 478 g/mol. The van der Waals surface area contributed by atoms with Gasteiger partial charge in [0, 0.05) is 52.2 Å². The molecule has 0 unspecified atom stereocenters. The Kier molecular flexibility index (Phi) is 17.2. The summed E-state index contributed by atoms with van der Waals surface area (Å²) in [5.74, 6) is -1.05. The number of amides is 1. The van der Waals surface area contributed by atoms with Gasteiger partial charge in [0.15, 0.2) is 0 Å². The van der Waals surface area contributed by atoms with Gasteiger partial charge in [0.1, 0.15) is 17.5 Å². The van der Waals surface area contributed by atoms with Crippen LogP contribution in [0.3, 0.4) is 0 Å². The van der Waals surface area contributed by atoms with E-state index in [4.69, 9.17) is 15.2 Å². The van der Waals surface area contributed by atoms with Gasteiger partial charge in [0.05, 0.1) is 19.6 Å². The molecule has 3 N–H and O–H groups in total. The highest BCUT2D eigenvalue weighted by atomic mass is 16.6. The van der Waals surface area contributed by atoms with Gasteiger partial charge in [-0.25, -0.2) is 0 Å². The number of carbonyl (C=O) groups is 4. The van der Waals surface area contributed by atoms with E-state index in [0.29, 0.717) is 52.2 Å². The summed E-state index contributed by atoms with van der Waals surface area (Å²) < 4.78 is 11.0. The predicted octanol–water partition coefficient (Wildman–Crippen LogP) is 0.650. The number of rotatable bonds is 20. The molecule has 37 heavy (non-hydrogen) atoms. The fourth-order valence-corrected chi connectivity index (χ4v) is 3.55. The first-order valence-electron chi connectivity index (χ1n) is 13.2. The second-order valence-corrected chi connectivity index (χ2v) is 11.2. The van der Waals surface area contributed by atoms with E-state index in [1.165, 1.54) is 0 Å². The lowest BCUT2D eigenvalue weighted by atomic mass is 10.2. The van der Waals surface area contributed by atoms with Crippen molar-refractivity contribution >= 4 is 24.1 Å². The van der Waals surface area contributed by atoms with Crippen LogP contribution in [0.2, 0.25) is 0 Å². The van der Waals surface area contributed by atoms with Crippen LogP contribution in [-0.2, 0) is 28.7 Å². The minimum Gasteiger partial charge on any atom is -0.459 e. The summed E-state index contributed by atoms with van der Waals surface area (Å²) in [5, 5.41) is 3.16. The molecule has 0 fully saturated rings. The Bertz CT molecular complexity index is 690. The summed E-state index contributed by atoms with van der Waals surface area (Å²) in [4.78, 5) is 53.0. The van der Waals surface area contributed by atoms with Gasteiger partial charge in [-0.2, -0.15) is 0 Å². The Morgan fingerprint density at radius 3 is 1.54 bits per heavy atom. The van der Waals surface area contributed by atoms with Crippen LogP contribution in [0.4, 0.5) is 0 Å². The molecule has 0 heterocycles. The highest BCUT2D eigenvalue weighted by molar-refractivity contribution is 5.76. The Balaban J connectivity index is 5.23. The van der Waals surface area contributed by atoms with E-state index in [1.54, 1.807) is 0 Å². The molecule has 0 saturated carbocycles. The van der Waals surface area contributed by atoms with Crippen LogP contribution in [-0.4, -0.2) is 122 Å². The third kappa shape index (κ3) is 21.7. The van der Waals surface area contributed by atoms with E-state index in [0.717, 1.165) is 19.3 Å². The highest BCUT2D eigenvalue weighted by Crippen LogP contribution is 2.09. The lowest BCUT2D eigenvalue weighted by molar-refractivity contribution is -0.158. The molecule has 0 aliphatic rings. The van der Waals surface area contributed by atoms with Crippen molar-refractivity contribution in [2.75, 3.05) is 72.0 Å². The fourth-order valence-electron chi connectivity index (χ4n) is 3.55. The van der Waals surface area contributed by atoms with Crippen LogP contribution in [0.25, 0.3) is 0 Å². The van der Waals surface area contributed by atoms with Crippen molar-refractivity contribution in [2.24, 2.45) is 5.73 Å². The van der Waals surface area contributed by atoms with Crippen LogP contribution in [0.5, 0.6) is 0 Å². The molecule has 0 aromatic heterocycles. The third-order valence-electron chi connectivity index (χ3n) is 4.97. The maximum Gasteiger partial charge on any atom is 0.320 e. The minimum atomic E-state index is -0.598. The van der Waals surface area contributed by atoms with Crippen molar-refractivity contribution in [2.45, 2.75) is 72.5 Å². The molecule has 0 radical (unpaired) electrons. The van der Waals surface area contributed by atoms with Gasteiger partial charge in [-0.3, -0.25) is 29.1 Å². The Labute approximate surface area is 223 Å². The molecule has 0 atom stereocenters. The van der Waals surface area contributed by atoms with Crippen LogP contribution in [0.15, 0.2) is 0 Å². The van der Waals surface area contributed by atoms with Crippen LogP contribution >= 0.6 is 0 Å². The number of esters is 2. The summed E-state index contributed by atoms with van der Waals surface area (Å²) in [6, 6.07) is 0. The zero-order valence-electron chi connectivity index (χ0n) is 24.1. The van der Waals surface area contributed by atoms with Crippen molar-refractivity contribution in [1.29, 1.82) is 0 Å². The molecule has 216 valence electrons. The van der Waals surface area contributed by atoms with E-state index in [1.807, 2.05) is 63.2 Å². The molecule has 1 amide bonds. The van der Waals surface area contributed by atoms with E-state index in [2.05, 4.69) is 5.32 Å². The van der Waals surface area contributed by atoms with Crippen LogP contribution in [0, 0.1) is 0 Å². The maximum atomic E-state index is 12.6. The van der Waals surface area contributed by atoms with Gasteiger partial charge >= 0.3 is 11.9 Å². The monoisotopic (exact) mass is 529 g/mol. The lowest BCUT2D eigenvalue weighted by Gasteiger charge is -2.30. The first kappa shape index (κ1) is 34.9. The Hall–Kier alpha value is -2.08. The molecule has 0 aliphatic heterocycles. The van der Waals surface area contributed by atoms with Crippen LogP contribution in [0.1, 0.15) is 61.3 Å². The zero-order chi connectivity index (χ0) is 28.5. The van der Waals surface area contributed by atoms with Crippen molar-refractivity contribution < 1.29 is 28.7 Å². The van der Waals surface area contributed by atoms with E-state index in [-0.39, 0.29) is 31.6 Å². The quantitative estimate of drug-likeness (QED) is 0.131. The third-order valence-corrected chi connectivity index (χ3v) is 4.97.